The van der Waals surface area contributed by atoms with Gasteiger partial charge < -0.3 is 10.1 Å². The Morgan fingerprint density at radius 1 is 1.41 bits per heavy atom. The zero-order chi connectivity index (χ0) is 15.5. The number of thioether (sulfide) groups is 1. The molecule has 1 aromatic carbocycles. The first-order valence-electron chi connectivity index (χ1n) is 6.53. The lowest BCUT2D eigenvalue weighted by Crippen LogP contribution is -2.28. The Morgan fingerprint density at radius 2 is 2.18 bits per heavy atom. The van der Waals surface area contributed by atoms with Gasteiger partial charge in [-0.2, -0.15) is 4.98 Å². The summed E-state index contributed by atoms with van der Waals surface area (Å²) < 4.78 is 20.4. The third kappa shape index (κ3) is 3.02. The molecule has 1 unspecified atom stereocenters. The Labute approximate surface area is 129 Å². The molecule has 6 nitrogen and oxygen atoms in total. The molecule has 1 N–H and O–H groups in total. The average Bonchev–Trinajstić information content (AvgIpc) is 3.05. The van der Waals surface area contributed by atoms with E-state index in [0.717, 1.165) is 16.5 Å². The van der Waals surface area contributed by atoms with E-state index in [1.165, 1.54) is 11.8 Å². The zero-order valence-electron chi connectivity index (χ0n) is 11.4. The standard InChI is InChI=1S/C14H12FN3O3S/c15-10-8-18(14-21-6-7-22-14)13(20)17-11(10)16-12(19)9-4-2-1-3-5-9/h1-5,8,14H,6-7H2,(H,16,17,19,20). The molecule has 2 heterocycles. The SMILES string of the molecule is O=C(Nc1nc(=O)n(C2OCCS2)cc1F)c1ccccc1. The molecule has 1 aliphatic rings. The lowest BCUT2D eigenvalue weighted by atomic mass is 10.2. The monoisotopic (exact) mass is 321 g/mol. The Morgan fingerprint density at radius 3 is 2.86 bits per heavy atom. The van der Waals surface area contributed by atoms with E-state index in [2.05, 4.69) is 10.3 Å². The Kier molecular flexibility index (Phi) is 4.21. The molecule has 0 saturated carbocycles. The number of carbonyl (C=O) groups is 1. The van der Waals surface area contributed by atoms with Gasteiger partial charge in [-0.25, -0.2) is 9.18 Å². The van der Waals surface area contributed by atoms with E-state index in [-0.39, 0.29) is 0 Å². The van der Waals surface area contributed by atoms with Crippen molar-refractivity contribution in [2.75, 3.05) is 17.7 Å². The minimum Gasteiger partial charge on any atom is -0.347 e. The number of hydrogen-bond donors (Lipinski definition) is 1. The van der Waals surface area contributed by atoms with Crippen LogP contribution < -0.4 is 11.0 Å². The molecule has 1 saturated heterocycles. The summed E-state index contributed by atoms with van der Waals surface area (Å²) in [5, 5.41) is 2.30. The molecule has 1 aliphatic heterocycles. The maximum atomic E-state index is 14.1. The summed E-state index contributed by atoms with van der Waals surface area (Å²) in [5.41, 5.74) is -0.903. The minimum atomic E-state index is -0.792. The van der Waals surface area contributed by atoms with Crippen molar-refractivity contribution in [2.24, 2.45) is 0 Å². The summed E-state index contributed by atoms with van der Waals surface area (Å²) in [7, 11) is 0. The van der Waals surface area contributed by atoms with Gasteiger partial charge in [0.2, 0.25) is 0 Å². The summed E-state index contributed by atoms with van der Waals surface area (Å²) >= 11 is 1.38. The fourth-order valence-electron chi connectivity index (χ4n) is 1.96. The molecular formula is C14H12FN3O3S. The third-order valence-electron chi connectivity index (χ3n) is 3.01. The molecule has 8 heteroatoms. The van der Waals surface area contributed by atoms with Crippen LogP contribution in [0.3, 0.4) is 0 Å². The number of aromatic nitrogens is 2. The van der Waals surface area contributed by atoms with Crippen molar-refractivity contribution in [3.63, 3.8) is 0 Å². The molecule has 1 atom stereocenters. The number of ether oxygens (including phenoxy) is 1. The predicted octanol–water partition coefficient (Wildman–Crippen LogP) is 1.85. The van der Waals surface area contributed by atoms with Crippen LogP contribution in [-0.2, 0) is 4.74 Å². The smallest absolute Gasteiger partial charge is 0.347 e. The van der Waals surface area contributed by atoms with Gasteiger partial charge in [0.1, 0.15) is 0 Å². The first-order chi connectivity index (χ1) is 10.6. The van der Waals surface area contributed by atoms with E-state index >= 15 is 0 Å². The highest BCUT2D eigenvalue weighted by Crippen LogP contribution is 2.28. The van der Waals surface area contributed by atoms with Crippen LogP contribution in [0.1, 0.15) is 15.9 Å². The maximum absolute atomic E-state index is 14.1. The van der Waals surface area contributed by atoms with Crippen molar-refractivity contribution in [2.45, 2.75) is 5.56 Å². The van der Waals surface area contributed by atoms with Gasteiger partial charge in [-0.15, -0.1) is 11.8 Å². The number of halogens is 1. The normalized spacial score (nSPS) is 17.4. The van der Waals surface area contributed by atoms with Gasteiger partial charge in [-0.05, 0) is 12.1 Å². The fraction of sp³-hybridized carbons (Fsp3) is 0.214. The minimum absolute atomic E-state index is 0.350. The quantitative estimate of drug-likeness (QED) is 0.934. The maximum Gasteiger partial charge on any atom is 0.352 e. The van der Waals surface area contributed by atoms with Crippen LogP contribution in [-0.4, -0.2) is 27.8 Å². The van der Waals surface area contributed by atoms with Crippen molar-refractivity contribution < 1.29 is 13.9 Å². The topological polar surface area (TPSA) is 73.2 Å². The number of hydrogen-bond acceptors (Lipinski definition) is 5. The lowest BCUT2D eigenvalue weighted by molar-refractivity contribution is 0.0924. The molecular weight excluding hydrogens is 309 g/mol. The van der Waals surface area contributed by atoms with Crippen molar-refractivity contribution in [1.82, 2.24) is 9.55 Å². The molecule has 1 fully saturated rings. The number of benzene rings is 1. The number of anilines is 1. The van der Waals surface area contributed by atoms with Gasteiger partial charge in [-0.1, -0.05) is 18.2 Å². The van der Waals surface area contributed by atoms with E-state index in [1.54, 1.807) is 30.3 Å². The molecule has 0 spiro atoms. The van der Waals surface area contributed by atoms with Gasteiger partial charge in [0, 0.05) is 11.3 Å². The predicted molar refractivity (Wildman–Crippen MR) is 80.3 cm³/mol. The van der Waals surface area contributed by atoms with Gasteiger partial charge in [0.15, 0.2) is 17.2 Å². The van der Waals surface area contributed by atoms with Gasteiger partial charge in [-0.3, -0.25) is 9.36 Å². The first kappa shape index (κ1) is 14.7. The van der Waals surface area contributed by atoms with Gasteiger partial charge in [0.05, 0.1) is 12.8 Å². The molecule has 1 amide bonds. The van der Waals surface area contributed by atoms with Gasteiger partial charge >= 0.3 is 5.69 Å². The van der Waals surface area contributed by atoms with Crippen LogP contribution in [0.15, 0.2) is 41.3 Å². The second-order valence-corrected chi connectivity index (χ2v) is 5.64. The van der Waals surface area contributed by atoms with Crippen molar-refractivity contribution in [1.29, 1.82) is 0 Å². The number of amides is 1. The van der Waals surface area contributed by atoms with E-state index in [4.69, 9.17) is 4.74 Å². The fourth-order valence-corrected chi connectivity index (χ4v) is 2.86. The lowest BCUT2D eigenvalue weighted by Gasteiger charge is -2.13. The summed E-state index contributed by atoms with van der Waals surface area (Å²) in [5.74, 6) is -0.987. The Hall–Kier alpha value is -2.19. The van der Waals surface area contributed by atoms with Gasteiger partial charge in [0.25, 0.3) is 5.91 Å². The first-order valence-corrected chi connectivity index (χ1v) is 7.58. The highest BCUT2D eigenvalue weighted by Gasteiger charge is 2.22. The molecule has 22 heavy (non-hydrogen) atoms. The van der Waals surface area contributed by atoms with Crippen molar-refractivity contribution in [3.8, 4) is 0 Å². The van der Waals surface area contributed by atoms with E-state index in [1.807, 2.05) is 0 Å². The van der Waals surface area contributed by atoms with Crippen LogP contribution in [0.2, 0.25) is 0 Å². The number of carbonyl (C=O) groups excluding carboxylic acids is 1. The van der Waals surface area contributed by atoms with Crippen LogP contribution >= 0.6 is 11.8 Å². The van der Waals surface area contributed by atoms with Crippen LogP contribution in [0.4, 0.5) is 10.2 Å². The number of rotatable bonds is 3. The molecule has 3 rings (SSSR count). The summed E-state index contributed by atoms with van der Waals surface area (Å²) in [6, 6.07) is 8.29. The molecule has 1 aromatic heterocycles. The average molecular weight is 321 g/mol. The van der Waals surface area contributed by atoms with Crippen LogP contribution in [0.5, 0.6) is 0 Å². The molecule has 2 aromatic rings. The Bertz CT molecular complexity index is 745. The highest BCUT2D eigenvalue weighted by atomic mass is 32.2. The summed E-state index contributed by atoms with van der Waals surface area (Å²) in [4.78, 5) is 27.5. The zero-order valence-corrected chi connectivity index (χ0v) is 12.2. The van der Waals surface area contributed by atoms with Crippen LogP contribution in [0, 0.1) is 5.82 Å². The summed E-state index contributed by atoms with van der Waals surface area (Å²) in [6.45, 7) is 0.496. The molecule has 0 bridgehead atoms. The second-order valence-electron chi connectivity index (χ2n) is 4.50. The Balaban J connectivity index is 1.84. The van der Waals surface area contributed by atoms with Crippen molar-refractivity contribution >= 4 is 23.5 Å². The van der Waals surface area contributed by atoms with E-state index in [9.17, 15) is 14.0 Å². The van der Waals surface area contributed by atoms with E-state index in [0.29, 0.717) is 12.2 Å². The van der Waals surface area contributed by atoms with Crippen LogP contribution in [0.25, 0.3) is 0 Å². The number of nitrogens with zero attached hydrogens (tertiary/aromatic N) is 2. The molecule has 114 valence electrons. The highest BCUT2D eigenvalue weighted by molar-refractivity contribution is 7.99. The summed E-state index contributed by atoms with van der Waals surface area (Å²) in [6.07, 6.45) is 0.999. The largest absolute Gasteiger partial charge is 0.352 e. The second kappa shape index (κ2) is 6.29. The van der Waals surface area contributed by atoms with Crippen molar-refractivity contribution in [3.05, 3.63) is 58.4 Å². The molecule has 0 aliphatic carbocycles. The van der Waals surface area contributed by atoms with E-state index < -0.39 is 28.8 Å². The molecule has 0 radical (unpaired) electrons. The number of nitrogens with one attached hydrogen (secondary N) is 1. The third-order valence-corrected chi connectivity index (χ3v) is 4.06.